The summed E-state index contributed by atoms with van der Waals surface area (Å²) < 4.78 is 0. The number of aromatic nitrogens is 2. The van der Waals surface area contributed by atoms with Crippen LogP contribution in [0.5, 0.6) is 0 Å². The maximum atomic E-state index is 5.74. The number of nitrogens with two attached hydrogens (primary N) is 1. The number of nitrogens with zero attached hydrogens (tertiary/aromatic N) is 2. The Kier molecular flexibility index (Phi) is 3.55. The van der Waals surface area contributed by atoms with Gasteiger partial charge in [0.25, 0.3) is 0 Å². The van der Waals surface area contributed by atoms with Crippen LogP contribution >= 0.6 is 0 Å². The molecule has 2 aromatic rings. The highest BCUT2D eigenvalue weighted by atomic mass is 15.0. The van der Waals surface area contributed by atoms with Gasteiger partial charge in [-0.25, -0.2) is 9.97 Å². The van der Waals surface area contributed by atoms with Crippen molar-refractivity contribution >= 4 is 11.5 Å². The second-order valence-corrected chi connectivity index (χ2v) is 3.99. The third-order valence-electron chi connectivity index (χ3n) is 2.53. The molecule has 0 radical (unpaired) electrons. The molecule has 0 amide bonds. The normalized spacial score (nSPS) is 10.2. The van der Waals surface area contributed by atoms with E-state index in [-0.39, 0.29) is 0 Å². The molecule has 4 heteroatoms. The smallest absolute Gasteiger partial charge is 0.152 e. The lowest BCUT2D eigenvalue weighted by Gasteiger charge is -2.07. The molecule has 0 spiro atoms. The lowest BCUT2D eigenvalue weighted by atomic mass is 10.1. The SMILES string of the molecule is Cc1cccc(CCNc2ncncc2N)c1. The van der Waals surface area contributed by atoms with Crippen molar-refractivity contribution in [1.29, 1.82) is 0 Å². The van der Waals surface area contributed by atoms with Crippen LogP contribution in [0.3, 0.4) is 0 Å². The van der Waals surface area contributed by atoms with Gasteiger partial charge >= 0.3 is 0 Å². The summed E-state index contributed by atoms with van der Waals surface area (Å²) in [5.41, 5.74) is 8.91. The summed E-state index contributed by atoms with van der Waals surface area (Å²) >= 11 is 0. The van der Waals surface area contributed by atoms with Gasteiger partial charge in [-0.3, -0.25) is 0 Å². The predicted octanol–water partition coefficient (Wildman–Crippen LogP) is 2.02. The van der Waals surface area contributed by atoms with Crippen molar-refractivity contribution in [3.8, 4) is 0 Å². The number of benzene rings is 1. The largest absolute Gasteiger partial charge is 0.394 e. The summed E-state index contributed by atoms with van der Waals surface area (Å²) in [6.07, 6.45) is 4.04. The Morgan fingerprint density at radius 3 is 3.00 bits per heavy atom. The summed E-state index contributed by atoms with van der Waals surface area (Å²) in [7, 11) is 0. The maximum Gasteiger partial charge on any atom is 0.152 e. The first kappa shape index (κ1) is 11.4. The Morgan fingerprint density at radius 1 is 1.35 bits per heavy atom. The van der Waals surface area contributed by atoms with Crippen LogP contribution in [-0.4, -0.2) is 16.5 Å². The molecule has 1 heterocycles. The van der Waals surface area contributed by atoms with Gasteiger partial charge in [0, 0.05) is 6.54 Å². The first-order valence-electron chi connectivity index (χ1n) is 5.60. The summed E-state index contributed by atoms with van der Waals surface area (Å²) in [5.74, 6) is 0.702. The fourth-order valence-electron chi connectivity index (χ4n) is 1.68. The van der Waals surface area contributed by atoms with Gasteiger partial charge in [0.15, 0.2) is 5.82 Å². The Labute approximate surface area is 101 Å². The minimum absolute atomic E-state index is 0.580. The molecule has 17 heavy (non-hydrogen) atoms. The van der Waals surface area contributed by atoms with Crippen molar-refractivity contribution in [1.82, 2.24) is 9.97 Å². The molecule has 3 N–H and O–H groups in total. The number of anilines is 2. The molecule has 0 bridgehead atoms. The highest BCUT2D eigenvalue weighted by Gasteiger charge is 1.99. The Morgan fingerprint density at radius 2 is 2.24 bits per heavy atom. The minimum atomic E-state index is 0.580. The zero-order valence-corrected chi connectivity index (χ0v) is 9.85. The predicted molar refractivity (Wildman–Crippen MR) is 69.8 cm³/mol. The van der Waals surface area contributed by atoms with Crippen LogP contribution in [-0.2, 0) is 6.42 Å². The molecule has 0 aliphatic heterocycles. The second-order valence-electron chi connectivity index (χ2n) is 3.99. The van der Waals surface area contributed by atoms with Gasteiger partial charge in [0.2, 0.25) is 0 Å². The monoisotopic (exact) mass is 228 g/mol. The van der Waals surface area contributed by atoms with Crippen LogP contribution in [0.1, 0.15) is 11.1 Å². The molecule has 4 nitrogen and oxygen atoms in total. The highest BCUT2D eigenvalue weighted by Crippen LogP contribution is 2.11. The molecule has 0 aliphatic rings. The van der Waals surface area contributed by atoms with E-state index in [0.717, 1.165) is 13.0 Å². The first-order valence-corrected chi connectivity index (χ1v) is 5.60. The molecule has 88 valence electrons. The first-order chi connectivity index (χ1) is 8.25. The molecule has 1 aromatic carbocycles. The van der Waals surface area contributed by atoms with Gasteiger partial charge in [-0.15, -0.1) is 0 Å². The van der Waals surface area contributed by atoms with Gasteiger partial charge < -0.3 is 11.1 Å². The third-order valence-corrected chi connectivity index (χ3v) is 2.53. The van der Waals surface area contributed by atoms with Gasteiger partial charge in [0.1, 0.15) is 6.33 Å². The van der Waals surface area contributed by atoms with Crippen molar-refractivity contribution < 1.29 is 0 Å². The number of hydrogen-bond acceptors (Lipinski definition) is 4. The number of hydrogen-bond donors (Lipinski definition) is 2. The third kappa shape index (κ3) is 3.17. The molecule has 0 unspecified atom stereocenters. The van der Waals surface area contributed by atoms with Crippen molar-refractivity contribution in [2.45, 2.75) is 13.3 Å². The van der Waals surface area contributed by atoms with Gasteiger partial charge in [-0.1, -0.05) is 29.8 Å². The van der Waals surface area contributed by atoms with E-state index in [0.29, 0.717) is 11.5 Å². The minimum Gasteiger partial charge on any atom is -0.394 e. The number of nitrogens with one attached hydrogen (secondary N) is 1. The molecule has 0 saturated heterocycles. The van der Waals surface area contributed by atoms with Crippen molar-refractivity contribution in [3.05, 3.63) is 47.9 Å². The zero-order chi connectivity index (χ0) is 12.1. The lowest BCUT2D eigenvalue weighted by molar-refractivity contribution is 0.998. The van der Waals surface area contributed by atoms with Gasteiger partial charge in [-0.05, 0) is 18.9 Å². The molecule has 0 fully saturated rings. The van der Waals surface area contributed by atoms with E-state index >= 15 is 0 Å². The van der Waals surface area contributed by atoms with Crippen molar-refractivity contribution in [2.75, 3.05) is 17.6 Å². The van der Waals surface area contributed by atoms with E-state index in [1.807, 2.05) is 0 Å². The van der Waals surface area contributed by atoms with E-state index < -0.39 is 0 Å². The Hall–Kier alpha value is -2.10. The fraction of sp³-hybridized carbons (Fsp3) is 0.231. The number of nitrogen functional groups attached to an aromatic ring is 1. The van der Waals surface area contributed by atoms with Crippen LogP contribution in [0.2, 0.25) is 0 Å². The van der Waals surface area contributed by atoms with Crippen molar-refractivity contribution in [3.63, 3.8) is 0 Å². The van der Waals surface area contributed by atoms with E-state index in [1.54, 1.807) is 6.20 Å². The highest BCUT2D eigenvalue weighted by molar-refractivity contribution is 5.58. The van der Waals surface area contributed by atoms with Crippen LogP contribution in [0.15, 0.2) is 36.8 Å². The molecule has 0 saturated carbocycles. The molecular formula is C13H16N4. The summed E-state index contributed by atoms with van der Waals surface area (Å²) in [4.78, 5) is 7.93. The van der Waals surface area contributed by atoms with E-state index in [1.165, 1.54) is 17.5 Å². The van der Waals surface area contributed by atoms with E-state index in [4.69, 9.17) is 5.73 Å². The van der Waals surface area contributed by atoms with E-state index in [2.05, 4.69) is 46.5 Å². The average molecular weight is 228 g/mol. The Balaban J connectivity index is 1.90. The van der Waals surface area contributed by atoms with E-state index in [9.17, 15) is 0 Å². The quantitative estimate of drug-likeness (QED) is 0.840. The fourth-order valence-corrected chi connectivity index (χ4v) is 1.68. The van der Waals surface area contributed by atoms with Crippen LogP contribution in [0.4, 0.5) is 11.5 Å². The molecular weight excluding hydrogens is 212 g/mol. The average Bonchev–Trinajstić information content (AvgIpc) is 2.32. The molecule has 0 atom stereocenters. The lowest BCUT2D eigenvalue weighted by Crippen LogP contribution is -2.08. The van der Waals surface area contributed by atoms with Crippen LogP contribution in [0, 0.1) is 6.92 Å². The standard InChI is InChI=1S/C13H16N4/c1-10-3-2-4-11(7-10)5-6-16-13-12(14)8-15-9-17-13/h2-4,7-9H,5-6,14H2,1H3,(H,15,16,17). The van der Waals surface area contributed by atoms with Gasteiger partial charge in [-0.2, -0.15) is 0 Å². The summed E-state index contributed by atoms with van der Waals surface area (Å²) in [5, 5.41) is 3.20. The van der Waals surface area contributed by atoms with Crippen LogP contribution in [0.25, 0.3) is 0 Å². The molecule has 2 rings (SSSR count). The van der Waals surface area contributed by atoms with Crippen molar-refractivity contribution in [2.24, 2.45) is 0 Å². The second kappa shape index (κ2) is 5.30. The zero-order valence-electron chi connectivity index (χ0n) is 9.85. The topological polar surface area (TPSA) is 63.8 Å². The Bertz CT molecular complexity index is 496. The van der Waals surface area contributed by atoms with Gasteiger partial charge in [0.05, 0.1) is 11.9 Å². The number of rotatable bonds is 4. The summed E-state index contributed by atoms with van der Waals surface area (Å²) in [6.45, 7) is 2.91. The summed E-state index contributed by atoms with van der Waals surface area (Å²) in [6, 6.07) is 8.48. The molecule has 0 aliphatic carbocycles. The maximum absolute atomic E-state index is 5.74. The number of aryl methyl sites for hydroxylation is 1. The molecule has 1 aromatic heterocycles. The van der Waals surface area contributed by atoms with Crippen LogP contribution < -0.4 is 11.1 Å².